The normalized spacial score (nSPS) is 17.4. The van der Waals surface area contributed by atoms with Crippen molar-refractivity contribution in [3.8, 4) is 11.1 Å². The molecule has 1 aliphatic rings. The lowest BCUT2D eigenvalue weighted by Gasteiger charge is -2.10. The zero-order valence-electron chi connectivity index (χ0n) is 11.7. The number of carbonyl (C=O) groups is 2. The number of carboxylic acid groups (broad SMARTS) is 1. The lowest BCUT2D eigenvalue weighted by molar-refractivity contribution is -0.124. The highest BCUT2D eigenvalue weighted by Gasteiger charge is 2.27. The zero-order valence-corrected chi connectivity index (χ0v) is 12.6. The third kappa shape index (κ3) is 2.88. The first-order valence-corrected chi connectivity index (χ1v) is 7.87. The predicted molar refractivity (Wildman–Crippen MR) is 84.3 cm³/mol. The zero-order chi connectivity index (χ0) is 15.5. The molecule has 1 fully saturated rings. The summed E-state index contributed by atoms with van der Waals surface area (Å²) in [5, 5.41) is 14.3. The lowest BCUT2D eigenvalue weighted by atomic mass is 10.0. The molecule has 0 aliphatic carbocycles. The summed E-state index contributed by atoms with van der Waals surface area (Å²) in [7, 11) is 0. The van der Waals surface area contributed by atoms with E-state index in [9.17, 15) is 14.7 Å². The first-order valence-electron chi connectivity index (χ1n) is 6.99. The Morgan fingerprint density at radius 3 is 2.68 bits per heavy atom. The fraction of sp³-hybridized carbons (Fsp3) is 0.250. The van der Waals surface area contributed by atoms with Gasteiger partial charge in [-0.2, -0.15) is 0 Å². The number of rotatable bonds is 4. The maximum atomic E-state index is 12.1. The van der Waals surface area contributed by atoms with Crippen molar-refractivity contribution in [1.82, 2.24) is 0 Å². The van der Waals surface area contributed by atoms with Gasteiger partial charge >= 0.3 is 5.97 Å². The van der Waals surface area contributed by atoms with Gasteiger partial charge in [-0.05, 0) is 18.4 Å². The Morgan fingerprint density at radius 2 is 2.05 bits per heavy atom. The number of ether oxygens (including phenoxy) is 1. The van der Waals surface area contributed by atoms with Crippen LogP contribution < -0.4 is 5.32 Å². The predicted octanol–water partition coefficient (Wildman–Crippen LogP) is 3.23. The molecule has 2 N–H and O–H groups in total. The van der Waals surface area contributed by atoms with Crippen LogP contribution in [0.25, 0.3) is 11.1 Å². The van der Waals surface area contributed by atoms with E-state index in [1.807, 2.05) is 30.3 Å². The van der Waals surface area contributed by atoms with E-state index in [2.05, 4.69) is 5.32 Å². The molecule has 2 aromatic rings. The van der Waals surface area contributed by atoms with Crippen molar-refractivity contribution in [1.29, 1.82) is 0 Å². The molecule has 6 heteroatoms. The molecule has 114 valence electrons. The van der Waals surface area contributed by atoms with Gasteiger partial charge in [0.1, 0.15) is 16.7 Å². The van der Waals surface area contributed by atoms with Crippen LogP contribution in [-0.2, 0) is 9.53 Å². The first kappa shape index (κ1) is 14.7. The second kappa shape index (κ2) is 6.29. The van der Waals surface area contributed by atoms with Crippen LogP contribution in [0.15, 0.2) is 35.7 Å². The molecule has 2 heterocycles. The van der Waals surface area contributed by atoms with Crippen LogP contribution >= 0.6 is 11.3 Å². The second-order valence-electron chi connectivity index (χ2n) is 5.02. The third-order valence-corrected chi connectivity index (χ3v) is 4.44. The molecular formula is C16H15NO4S. The molecule has 0 saturated carbocycles. The Balaban J connectivity index is 1.90. The Bertz CT molecular complexity index is 689. The number of amides is 1. The average Bonchev–Trinajstić information content (AvgIpc) is 3.17. The lowest BCUT2D eigenvalue weighted by Crippen LogP contribution is -2.27. The number of anilines is 1. The summed E-state index contributed by atoms with van der Waals surface area (Å²) in [6, 6.07) is 9.27. The van der Waals surface area contributed by atoms with E-state index in [1.165, 1.54) is 11.3 Å². The smallest absolute Gasteiger partial charge is 0.339 e. The van der Waals surface area contributed by atoms with Gasteiger partial charge in [-0.25, -0.2) is 4.79 Å². The van der Waals surface area contributed by atoms with Crippen molar-refractivity contribution < 1.29 is 19.4 Å². The minimum absolute atomic E-state index is 0.127. The first-order chi connectivity index (χ1) is 10.7. The molecule has 1 aliphatic heterocycles. The molecule has 22 heavy (non-hydrogen) atoms. The summed E-state index contributed by atoms with van der Waals surface area (Å²) < 4.78 is 5.32. The van der Waals surface area contributed by atoms with Crippen LogP contribution in [0.4, 0.5) is 5.00 Å². The van der Waals surface area contributed by atoms with Crippen LogP contribution in [0, 0.1) is 0 Å². The van der Waals surface area contributed by atoms with Gasteiger partial charge in [-0.3, -0.25) is 4.79 Å². The van der Waals surface area contributed by atoms with E-state index < -0.39 is 12.1 Å². The fourth-order valence-corrected chi connectivity index (χ4v) is 3.43. The minimum Gasteiger partial charge on any atom is -0.478 e. The molecule has 0 radical (unpaired) electrons. The molecule has 1 unspecified atom stereocenters. The minimum atomic E-state index is -1.05. The van der Waals surface area contributed by atoms with Crippen molar-refractivity contribution in [2.24, 2.45) is 0 Å². The van der Waals surface area contributed by atoms with E-state index >= 15 is 0 Å². The van der Waals surface area contributed by atoms with Crippen LogP contribution in [0.5, 0.6) is 0 Å². The van der Waals surface area contributed by atoms with Crippen molar-refractivity contribution in [3.63, 3.8) is 0 Å². The third-order valence-electron chi connectivity index (χ3n) is 3.55. The monoisotopic (exact) mass is 317 g/mol. The second-order valence-corrected chi connectivity index (χ2v) is 5.90. The summed E-state index contributed by atoms with van der Waals surface area (Å²) in [6.45, 7) is 0.573. The molecule has 5 nitrogen and oxygen atoms in total. The molecule has 1 saturated heterocycles. The van der Waals surface area contributed by atoms with Gasteiger partial charge in [0, 0.05) is 17.6 Å². The van der Waals surface area contributed by atoms with Crippen LogP contribution in [0.3, 0.4) is 0 Å². The Kier molecular flexibility index (Phi) is 4.22. The molecule has 0 bridgehead atoms. The highest BCUT2D eigenvalue weighted by molar-refractivity contribution is 7.15. The van der Waals surface area contributed by atoms with Gasteiger partial charge < -0.3 is 15.2 Å². The molecule has 1 aromatic carbocycles. The largest absolute Gasteiger partial charge is 0.478 e. The number of hydrogen-bond acceptors (Lipinski definition) is 4. The van der Waals surface area contributed by atoms with Gasteiger partial charge in [0.25, 0.3) is 5.91 Å². The van der Waals surface area contributed by atoms with E-state index in [0.717, 1.165) is 12.0 Å². The van der Waals surface area contributed by atoms with Crippen molar-refractivity contribution in [2.75, 3.05) is 11.9 Å². The van der Waals surface area contributed by atoms with Crippen molar-refractivity contribution in [2.45, 2.75) is 18.9 Å². The number of thiophene rings is 1. The summed E-state index contributed by atoms with van der Waals surface area (Å²) in [5.74, 6) is -1.33. The van der Waals surface area contributed by atoms with Crippen LogP contribution in [0.2, 0.25) is 0 Å². The molecule has 1 atom stereocenters. The Morgan fingerprint density at radius 1 is 1.27 bits per heavy atom. The van der Waals surface area contributed by atoms with E-state index in [4.69, 9.17) is 4.74 Å². The number of hydrogen-bond donors (Lipinski definition) is 2. The molecule has 1 amide bonds. The van der Waals surface area contributed by atoms with Crippen LogP contribution in [0.1, 0.15) is 23.2 Å². The number of benzene rings is 1. The maximum Gasteiger partial charge on any atom is 0.339 e. The molecule has 0 spiro atoms. The standard InChI is InChI=1S/C16H15NO4S/c18-14(12-7-4-8-21-12)17-15-13(16(19)20)11(9-22-15)10-5-2-1-3-6-10/h1-3,5-6,9,12H,4,7-8H2,(H,17,18)(H,19,20). The number of carbonyl (C=O) groups excluding carboxylic acids is 1. The number of carboxylic acids is 1. The number of nitrogens with one attached hydrogen (secondary N) is 1. The Labute approximate surface area is 131 Å². The Hall–Kier alpha value is -2.18. The van der Waals surface area contributed by atoms with Gasteiger partial charge in [-0.15, -0.1) is 11.3 Å². The fourth-order valence-electron chi connectivity index (χ4n) is 2.47. The van der Waals surface area contributed by atoms with Crippen molar-refractivity contribution >= 4 is 28.2 Å². The highest BCUT2D eigenvalue weighted by atomic mass is 32.1. The van der Waals surface area contributed by atoms with Crippen molar-refractivity contribution in [3.05, 3.63) is 41.3 Å². The molecule has 1 aromatic heterocycles. The quantitative estimate of drug-likeness (QED) is 0.908. The van der Waals surface area contributed by atoms with Gasteiger partial charge in [0.2, 0.25) is 0 Å². The average molecular weight is 317 g/mol. The van der Waals surface area contributed by atoms with Gasteiger partial charge in [0.15, 0.2) is 0 Å². The summed E-state index contributed by atoms with van der Waals surface area (Å²) in [5.41, 5.74) is 1.55. The van der Waals surface area contributed by atoms with Gasteiger partial charge in [-0.1, -0.05) is 30.3 Å². The maximum absolute atomic E-state index is 12.1. The highest BCUT2D eigenvalue weighted by Crippen LogP contribution is 2.35. The van der Waals surface area contributed by atoms with E-state index in [-0.39, 0.29) is 11.5 Å². The summed E-state index contributed by atoms with van der Waals surface area (Å²) in [4.78, 5) is 23.7. The van der Waals surface area contributed by atoms with E-state index in [0.29, 0.717) is 23.6 Å². The summed E-state index contributed by atoms with van der Waals surface area (Å²) in [6.07, 6.45) is 1.04. The summed E-state index contributed by atoms with van der Waals surface area (Å²) >= 11 is 1.22. The van der Waals surface area contributed by atoms with Crippen LogP contribution in [-0.4, -0.2) is 29.7 Å². The molecular weight excluding hydrogens is 302 g/mol. The molecule has 3 rings (SSSR count). The topological polar surface area (TPSA) is 75.6 Å². The number of aromatic carboxylic acids is 1. The van der Waals surface area contributed by atoms with Gasteiger partial charge in [0.05, 0.1) is 0 Å². The SMILES string of the molecule is O=C(O)c1c(-c2ccccc2)csc1NC(=O)C1CCCO1. The van der Waals surface area contributed by atoms with E-state index in [1.54, 1.807) is 5.38 Å².